The summed E-state index contributed by atoms with van der Waals surface area (Å²) in [5, 5.41) is 7.35. The van der Waals surface area contributed by atoms with E-state index in [2.05, 4.69) is 10.6 Å². The van der Waals surface area contributed by atoms with E-state index in [1.165, 1.54) is 6.92 Å². The largest absolute Gasteiger partial charge is 0.496 e. The highest BCUT2D eigenvalue weighted by atomic mass is 16.5. The van der Waals surface area contributed by atoms with Crippen molar-refractivity contribution < 1.29 is 19.1 Å². The van der Waals surface area contributed by atoms with E-state index in [1.54, 1.807) is 42.3 Å². The molecule has 2 N–H and O–H groups in total. The van der Waals surface area contributed by atoms with E-state index in [-0.39, 0.29) is 23.6 Å². The van der Waals surface area contributed by atoms with Gasteiger partial charge in [0.15, 0.2) is 0 Å². The van der Waals surface area contributed by atoms with Crippen LogP contribution in [0.15, 0.2) is 60.7 Å². The summed E-state index contributed by atoms with van der Waals surface area (Å²) < 4.78 is 5.44. The smallest absolute Gasteiger partial charge is 0.254 e. The second kappa shape index (κ2) is 9.73. The van der Waals surface area contributed by atoms with Gasteiger partial charge in [-0.25, -0.2) is 0 Å². The first kappa shape index (κ1) is 22.3. The molecule has 1 aliphatic rings. The lowest BCUT2D eigenvalue weighted by Gasteiger charge is -2.32. The minimum atomic E-state index is -0.309. The number of likely N-dealkylation sites (tertiary alicyclic amines) is 1. The molecule has 1 heterocycles. The predicted octanol–water partition coefficient (Wildman–Crippen LogP) is 4.30. The molecule has 170 valence electrons. The van der Waals surface area contributed by atoms with Crippen LogP contribution in [0.3, 0.4) is 0 Å². The molecule has 0 aromatic heterocycles. The molecule has 33 heavy (non-hydrogen) atoms. The molecule has 1 aliphatic heterocycles. The Morgan fingerprint density at radius 2 is 1.67 bits per heavy atom. The number of rotatable bonds is 5. The Kier molecular flexibility index (Phi) is 6.58. The topological polar surface area (TPSA) is 87.7 Å². The number of carbonyl (C=O) groups excluding carboxylic acids is 3. The molecule has 0 spiro atoms. The van der Waals surface area contributed by atoms with Crippen molar-refractivity contribution in [2.45, 2.75) is 19.8 Å². The van der Waals surface area contributed by atoms with Gasteiger partial charge in [-0.1, -0.05) is 30.3 Å². The number of methoxy groups -OCH3 is 1. The number of nitrogens with zero attached hydrogens (tertiary/aromatic N) is 1. The molecule has 0 radical (unpaired) electrons. The van der Waals surface area contributed by atoms with Gasteiger partial charge >= 0.3 is 0 Å². The third-order valence-electron chi connectivity index (χ3n) is 5.86. The molecule has 1 unspecified atom stereocenters. The lowest BCUT2D eigenvalue weighted by molar-refractivity contribution is -0.121. The quantitative estimate of drug-likeness (QED) is 0.613. The minimum absolute atomic E-state index is 0.0843. The van der Waals surface area contributed by atoms with Crippen molar-refractivity contribution in [2.24, 2.45) is 5.92 Å². The number of fused-ring (bicyclic) bond motifs is 1. The standard InChI is InChI=1S/C26H27N3O4/c1-17(30)27-19-8-5-9-20(15-19)28-25(31)18-7-6-14-29(16-18)26(32)23-12-13-24(33-2)22-11-4-3-10-21(22)23/h3-5,8-13,15,18H,6-7,14,16H2,1-2H3,(H,27,30)(H,28,31). The van der Waals surface area contributed by atoms with E-state index in [4.69, 9.17) is 4.74 Å². The lowest BCUT2D eigenvalue weighted by Crippen LogP contribution is -2.43. The Morgan fingerprint density at radius 3 is 2.39 bits per heavy atom. The second-order valence-corrected chi connectivity index (χ2v) is 8.20. The summed E-state index contributed by atoms with van der Waals surface area (Å²) in [6.45, 7) is 2.41. The van der Waals surface area contributed by atoms with Crippen molar-refractivity contribution in [1.29, 1.82) is 0 Å². The van der Waals surface area contributed by atoms with Gasteiger partial charge < -0.3 is 20.3 Å². The van der Waals surface area contributed by atoms with Crippen LogP contribution in [0.4, 0.5) is 11.4 Å². The van der Waals surface area contributed by atoms with Crippen LogP contribution < -0.4 is 15.4 Å². The third kappa shape index (κ3) is 4.98. The summed E-state index contributed by atoms with van der Waals surface area (Å²) in [4.78, 5) is 39.4. The maximum Gasteiger partial charge on any atom is 0.254 e. The van der Waals surface area contributed by atoms with E-state index in [9.17, 15) is 14.4 Å². The number of benzene rings is 3. The number of piperidine rings is 1. The van der Waals surface area contributed by atoms with Crippen LogP contribution in [0.2, 0.25) is 0 Å². The Morgan fingerprint density at radius 1 is 0.939 bits per heavy atom. The van der Waals surface area contributed by atoms with Crippen molar-refractivity contribution in [3.63, 3.8) is 0 Å². The number of hydrogen-bond acceptors (Lipinski definition) is 4. The van der Waals surface area contributed by atoms with Gasteiger partial charge in [-0.15, -0.1) is 0 Å². The molecule has 3 amide bonds. The maximum absolute atomic E-state index is 13.4. The molecule has 7 heteroatoms. The average Bonchev–Trinajstić information content (AvgIpc) is 2.83. The van der Waals surface area contributed by atoms with Crippen LogP contribution in [-0.4, -0.2) is 42.8 Å². The normalized spacial score (nSPS) is 15.7. The molecule has 0 saturated carbocycles. The molecule has 3 aromatic rings. The molecule has 4 rings (SSSR count). The SMILES string of the molecule is COc1ccc(C(=O)N2CCCC(C(=O)Nc3cccc(NC(C)=O)c3)C2)c2ccccc12. The number of anilines is 2. The molecule has 1 fully saturated rings. The zero-order valence-corrected chi connectivity index (χ0v) is 18.8. The summed E-state index contributed by atoms with van der Waals surface area (Å²) in [6.07, 6.45) is 1.47. The summed E-state index contributed by atoms with van der Waals surface area (Å²) >= 11 is 0. The number of hydrogen-bond donors (Lipinski definition) is 2. The van der Waals surface area contributed by atoms with Crippen LogP contribution in [0.5, 0.6) is 5.75 Å². The van der Waals surface area contributed by atoms with Crippen LogP contribution in [0, 0.1) is 5.92 Å². The van der Waals surface area contributed by atoms with Crippen LogP contribution in [0.25, 0.3) is 10.8 Å². The van der Waals surface area contributed by atoms with Gasteiger partial charge in [0.2, 0.25) is 11.8 Å². The van der Waals surface area contributed by atoms with E-state index < -0.39 is 0 Å². The van der Waals surface area contributed by atoms with Crippen molar-refractivity contribution in [2.75, 3.05) is 30.8 Å². The number of carbonyl (C=O) groups is 3. The summed E-state index contributed by atoms with van der Waals surface area (Å²) in [5.41, 5.74) is 1.83. The van der Waals surface area contributed by atoms with Crippen molar-refractivity contribution >= 4 is 39.9 Å². The molecule has 0 bridgehead atoms. The Balaban J connectivity index is 1.49. The first-order chi connectivity index (χ1) is 16.0. The van der Waals surface area contributed by atoms with Gasteiger partial charge in [0.05, 0.1) is 13.0 Å². The van der Waals surface area contributed by atoms with Crippen LogP contribution >= 0.6 is 0 Å². The van der Waals surface area contributed by atoms with Crippen LogP contribution in [-0.2, 0) is 9.59 Å². The fourth-order valence-electron chi connectivity index (χ4n) is 4.30. The van der Waals surface area contributed by atoms with E-state index in [0.29, 0.717) is 36.4 Å². The molecule has 3 aromatic carbocycles. The van der Waals surface area contributed by atoms with Gasteiger partial charge in [0.1, 0.15) is 5.75 Å². The van der Waals surface area contributed by atoms with Gasteiger partial charge in [0.25, 0.3) is 5.91 Å². The minimum Gasteiger partial charge on any atom is -0.496 e. The highest BCUT2D eigenvalue weighted by Gasteiger charge is 2.30. The fraction of sp³-hybridized carbons (Fsp3) is 0.269. The summed E-state index contributed by atoms with van der Waals surface area (Å²) in [5.74, 6) is 0.0215. The zero-order chi connectivity index (χ0) is 23.4. The lowest BCUT2D eigenvalue weighted by atomic mass is 9.95. The van der Waals surface area contributed by atoms with Crippen molar-refractivity contribution in [3.8, 4) is 5.75 Å². The molecule has 0 aliphatic carbocycles. The fourth-order valence-corrected chi connectivity index (χ4v) is 4.30. The monoisotopic (exact) mass is 445 g/mol. The van der Waals surface area contributed by atoms with Gasteiger partial charge in [0, 0.05) is 42.3 Å². The average molecular weight is 446 g/mol. The van der Waals surface area contributed by atoms with E-state index in [1.807, 2.05) is 30.3 Å². The van der Waals surface area contributed by atoms with Crippen molar-refractivity contribution in [3.05, 3.63) is 66.2 Å². The third-order valence-corrected chi connectivity index (χ3v) is 5.86. The predicted molar refractivity (Wildman–Crippen MR) is 129 cm³/mol. The molecule has 1 saturated heterocycles. The van der Waals surface area contributed by atoms with Gasteiger partial charge in [-0.05, 0) is 48.6 Å². The molecule has 7 nitrogen and oxygen atoms in total. The Bertz CT molecular complexity index is 1210. The maximum atomic E-state index is 13.4. The van der Waals surface area contributed by atoms with Gasteiger partial charge in [-0.3, -0.25) is 14.4 Å². The highest BCUT2D eigenvalue weighted by Crippen LogP contribution is 2.30. The Labute approximate surface area is 192 Å². The molecule has 1 atom stereocenters. The van der Waals surface area contributed by atoms with Crippen molar-refractivity contribution in [1.82, 2.24) is 4.90 Å². The number of nitrogens with one attached hydrogen (secondary N) is 2. The Hall–Kier alpha value is -3.87. The van der Waals surface area contributed by atoms with Gasteiger partial charge in [-0.2, -0.15) is 0 Å². The molecular formula is C26H27N3O4. The number of amides is 3. The van der Waals surface area contributed by atoms with Crippen LogP contribution in [0.1, 0.15) is 30.1 Å². The highest BCUT2D eigenvalue weighted by molar-refractivity contribution is 6.09. The second-order valence-electron chi connectivity index (χ2n) is 8.20. The van der Waals surface area contributed by atoms with E-state index >= 15 is 0 Å². The molecular weight excluding hydrogens is 418 g/mol. The first-order valence-corrected chi connectivity index (χ1v) is 11.0. The number of ether oxygens (including phenoxy) is 1. The zero-order valence-electron chi connectivity index (χ0n) is 18.8. The summed E-state index contributed by atoms with van der Waals surface area (Å²) in [7, 11) is 1.61. The van der Waals surface area contributed by atoms with E-state index in [0.717, 1.165) is 22.9 Å². The first-order valence-electron chi connectivity index (χ1n) is 11.0. The summed E-state index contributed by atoms with van der Waals surface area (Å²) in [6, 6.07) is 18.3.